The summed E-state index contributed by atoms with van der Waals surface area (Å²) in [6.45, 7) is 8.25. The lowest BCUT2D eigenvalue weighted by Gasteiger charge is -2.37. The molecule has 0 amide bonds. The molecule has 4 rings (SSSR count). The maximum absolute atomic E-state index is 6.19. The molecule has 1 heterocycles. The molecule has 0 spiro atoms. The highest BCUT2D eigenvalue weighted by molar-refractivity contribution is 5.88. The number of rotatable bonds is 7. The van der Waals surface area contributed by atoms with Crippen LogP contribution in [0.25, 0.3) is 10.8 Å². The van der Waals surface area contributed by atoms with Crippen molar-refractivity contribution in [1.29, 1.82) is 0 Å². The van der Waals surface area contributed by atoms with Gasteiger partial charge in [-0.25, -0.2) is 0 Å². The van der Waals surface area contributed by atoms with Gasteiger partial charge in [-0.2, -0.15) is 0 Å². The van der Waals surface area contributed by atoms with E-state index in [0.717, 1.165) is 50.8 Å². The van der Waals surface area contributed by atoms with Gasteiger partial charge in [0.1, 0.15) is 11.5 Å². The molecule has 0 saturated carbocycles. The molecule has 1 aliphatic rings. The Labute approximate surface area is 173 Å². The van der Waals surface area contributed by atoms with Crippen molar-refractivity contribution in [3.8, 4) is 11.5 Å². The van der Waals surface area contributed by atoms with Crippen LogP contribution in [-0.2, 0) is 0 Å². The van der Waals surface area contributed by atoms with E-state index in [1.165, 1.54) is 16.5 Å². The van der Waals surface area contributed by atoms with Gasteiger partial charge in [-0.1, -0.05) is 55.5 Å². The molecule has 1 aliphatic heterocycles. The Morgan fingerprint density at radius 3 is 2.34 bits per heavy atom. The van der Waals surface area contributed by atoms with Gasteiger partial charge < -0.3 is 14.4 Å². The van der Waals surface area contributed by atoms with Gasteiger partial charge in [0.05, 0.1) is 19.4 Å². The summed E-state index contributed by atoms with van der Waals surface area (Å²) in [7, 11) is 1.74. The van der Waals surface area contributed by atoms with Crippen molar-refractivity contribution >= 4 is 16.5 Å². The zero-order valence-corrected chi connectivity index (χ0v) is 17.4. The zero-order valence-electron chi connectivity index (χ0n) is 17.4. The lowest BCUT2D eigenvalue weighted by molar-refractivity contribution is 0.179. The van der Waals surface area contributed by atoms with E-state index in [1.54, 1.807) is 7.11 Å². The molecule has 0 radical (unpaired) electrons. The second-order valence-electron chi connectivity index (χ2n) is 7.85. The molecule has 1 atom stereocenters. The maximum atomic E-state index is 6.19. The summed E-state index contributed by atoms with van der Waals surface area (Å²) in [4.78, 5) is 4.97. The monoisotopic (exact) mass is 390 g/mol. The van der Waals surface area contributed by atoms with E-state index in [9.17, 15) is 0 Å². The summed E-state index contributed by atoms with van der Waals surface area (Å²) in [5.41, 5.74) is 1.20. The molecule has 4 heteroatoms. The molecular weight excluding hydrogens is 360 g/mol. The van der Waals surface area contributed by atoms with Gasteiger partial charge in [0.15, 0.2) is 0 Å². The van der Waals surface area contributed by atoms with Crippen molar-refractivity contribution in [2.45, 2.75) is 6.92 Å². The maximum Gasteiger partial charge on any atom is 0.142 e. The number of para-hydroxylation sites is 2. The Morgan fingerprint density at radius 1 is 0.828 bits per heavy atom. The molecule has 3 aromatic rings. The number of hydrogen-bond acceptors (Lipinski definition) is 4. The van der Waals surface area contributed by atoms with Crippen LogP contribution in [0, 0.1) is 5.92 Å². The normalized spacial score (nSPS) is 16.0. The first-order chi connectivity index (χ1) is 14.2. The van der Waals surface area contributed by atoms with Crippen LogP contribution in [0.1, 0.15) is 6.92 Å². The Bertz CT molecular complexity index is 930. The van der Waals surface area contributed by atoms with Gasteiger partial charge in [-0.05, 0) is 23.6 Å². The molecule has 0 aromatic heterocycles. The van der Waals surface area contributed by atoms with Crippen molar-refractivity contribution < 1.29 is 9.47 Å². The Balaban J connectivity index is 1.28. The van der Waals surface area contributed by atoms with Crippen molar-refractivity contribution in [2.24, 2.45) is 5.92 Å². The molecule has 4 nitrogen and oxygen atoms in total. The highest BCUT2D eigenvalue weighted by atomic mass is 16.5. The van der Waals surface area contributed by atoms with E-state index in [2.05, 4.69) is 71.3 Å². The quantitative estimate of drug-likeness (QED) is 0.585. The van der Waals surface area contributed by atoms with E-state index < -0.39 is 0 Å². The number of benzene rings is 3. The first kappa shape index (κ1) is 19.6. The van der Waals surface area contributed by atoms with Crippen LogP contribution in [0.3, 0.4) is 0 Å². The van der Waals surface area contributed by atoms with Gasteiger partial charge in [0.2, 0.25) is 0 Å². The van der Waals surface area contributed by atoms with Crippen molar-refractivity contribution in [2.75, 3.05) is 51.3 Å². The van der Waals surface area contributed by atoms with E-state index in [4.69, 9.17) is 9.47 Å². The third-order valence-electron chi connectivity index (χ3n) is 5.64. The Hall–Kier alpha value is -2.72. The predicted octanol–water partition coefficient (Wildman–Crippen LogP) is 4.69. The van der Waals surface area contributed by atoms with E-state index >= 15 is 0 Å². The molecular formula is C25H30N2O2. The first-order valence-electron chi connectivity index (χ1n) is 10.5. The molecule has 1 fully saturated rings. The zero-order chi connectivity index (χ0) is 20.1. The van der Waals surface area contributed by atoms with Crippen molar-refractivity contribution in [3.63, 3.8) is 0 Å². The van der Waals surface area contributed by atoms with E-state index in [0.29, 0.717) is 5.92 Å². The van der Waals surface area contributed by atoms with E-state index in [-0.39, 0.29) is 0 Å². The highest BCUT2D eigenvalue weighted by Gasteiger charge is 2.21. The number of ether oxygens (including phenoxy) is 2. The number of nitrogens with zero attached hydrogens (tertiary/aromatic N) is 2. The average molecular weight is 391 g/mol. The summed E-state index contributed by atoms with van der Waals surface area (Å²) in [6.07, 6.45) is 0. The molecule has 29 heavy (non-hydrogen) atoms. The van der Waals surface area contributed by atoms with Crippen LogP contribution in [-0.4, -0.2) is 51.3 Å². The molecule has 0 bridgehead atoms. The summed E-state index contributed by atoms with van der Waals surface area (Å²) < 4.78 is 11.7. The second kappa shape index (κ2) is 9.19. The van der Waals surface area contributed by atoms with E-state index in [1.807, 2.05) is 12.1 Å². The topological polar surface area (TPSA) is 24.9 Å². The van der Waals surface area contributed by atoms with Gasteiger partial charge in [0.25, 0.3) is 0 Å². The summed E-state index contributed by atoms with van der Waals surface area (Å²) in [5, 5.41) is 2.41. The molecule has 0 N–H and O–H groups in total. The van der Waals surface area contributed by atoms with Gasteiger partial charge >= 0.3 is 0 Å². The fourth-order valence-electron chi connectivity index (χ4n) is 4.11. The minimum Gasteiger partial charge on any atom is -0.495 e. The summed E-state index contributed by atoms with van der Waals surface area (Å²) in [5.74, 6) is 2.42. The first-order valence-corrected chi connectivity index (χ1v) is 10.5. The third-order valence-corrected chi connectivity index (χ3v) is 5.64. The number of hydrogen-bond donors (Lipinski definition) is 0. The highest BCUT2D eigenvalue weighted by Crippen LogP contribution is 2.29. The lowest BCUT2D eigenvalue weighted by atomic mass is 10.1. The lowest BCUT2D eigenvalue weighted by Crippen LogP contribution is -2.48. The fraction of sp³-hybridized carbons (Fsp3) is 0.360. The number of fused-ring (bicyclic) bond motifs is 1. The van der Waals surface area contributed by atoms with Crippen molar-refractivity contribution in [1.82, 2.24) is 4.90 Å². The predicted molar refractivity (Wildman–Crippen MR) is 120 cm³/mol. The SMILES string of the molecule is COc1ccccc1N1CCN(CC(C)COc2cccc3ccccc23)CC1. The Kier molecular flexibility index (Phi) is 6.20. The Morgan fingerprint density at radius 2 is 1.52 bits per heavy atom. The average Bonchev–Trinajstić information content (AvgIpc) is 2.78. The number of methoxy groups -OCH3 is 1. The molecule has 3 aromatic carbocycles. The standard InChI is InChI=1S/C25H30N2O2/c1-20(19-29-24-13-7-9-21-8-3-4-10-22(21)24)18-26-14-16-27(17-15-26)23-11-5-6-12-25(23)28-2/h3-13,20H,14-19H2,1-2H3. The molecule has 0 aliphatic carbocycles. The second-order valence-corrected chi connectivity index (χ2v) is 7.85. The minimum absolute atomic E-state index is 0.478. The molecule has 152 valence electrons. The van der Waals surface area contributed by atoms with Crippen LogP contribution in [0.2, 0.25) is 0 Å². The molecule has 1 unspecified atom stereocenters. The van der Waals surface area contributed by atoms with Crippen molar-refractivity contribution in [3.05, 3.63) is 66.7 Å². The van der Waals surface area contributed by atoms with Crippen LogP contribution in [0.15, 0.2) is 66.7 Å². The largest absolute Gasteiger partial charge is 0.495 e. The third kappa shape index (κ3) is 4.65. The van der Waals surface area contributed by atoms with Crippen LogP contribution in [0.4, 0.5) is 5.69 Å². The van der Waals surface area contributed by atoms with Crippen LogP contribution < -0.4 is 14.4 Å². The summed E-state index contributed by atoms with van der Waals surface area (Å²) in [6, 6.07) is 23.0. The van der Waals surface area contributed by atoms with Gasteiger partial charge in [-0.15, -0.1) is 0 Å². The molecule has 1 saturated heterocycles. The van der Waals surface area contributed by atoms with Gasteiger partial charge in [-0.3, -0.25) is 4.90 Å². The fourth-order valence-corrected chi connectivity index (χ4v) is 4.11. The summed E-state index contributed by atoms with van der Waals surface area (Å²) >= 11 is 0. The van der Waals surface area contributed by atoms with Crippen LogP contribution in [0.5, 0.6) is 11.5 Å². The minimum atomic E-state index is 0.478. The number of piperazine rings is 1. The van der Waals surface area contributed by atoms with Crippen LogP contribution >= 0.6 is 0 Å². The number of anilines is 1. The smallest absolute Gasteiger partial charge is 0.142 e. The van der Waals surface area contributed by atoms with Gasteiger partial charge in [0, 0.05) is 44.0 Å².